The van der Waals surface area contributed by atoms with Crippen molar-refractivity contribution in [2.75, 3.05) is 0 Å². The molecule has 11 nitrogen and oxygen atoms in total. The Kier molecular flexibility index (Phi) is 11.6. The summed E-state index contributed by atoms with van der Waals surface area (Å²) in [5.41, 5.74) is 6.33. The fraction of sp³-hybridized carbons (Fsp3) is 0.321. The van der Waals surface area contributed by atoms with Gasteiger partial charge < -0.3 is 10.1 Å². The Bertz CT molecular complexity index is 1250. The van der Waals surface area contributed by atoms with Crippen molar-refractivity contribution in [3.63, 3.8) is 0 Å². The van der Waals surface area contributed by atoms with Gasteiger partial charge in [0.15, 0.2) is 0 Å². The van der Waals surface area contributed by atoms with Gasteiger partial charge in [0.05, 0.1) is 0 Å². The van der Waals surface area contributed by atoms with E-state index < -0.39 is 30.0 Å². The number of hydrazine groups is 1. The van der Waals surface area contributed by atoms with Crippen LogP contribution in [0.15, 0.2) is 66.0 Å². The zero-order valence-electron chi connectivity index (χ0n) is 22.5. The summed E-state index contributed by atoms with van der Waals surface area (Å²) in [6, 6.07) is 17.1. The smallest absolute Gasteiger partial charge is 0.408 e. The number of thiazole rings is 1. The summed E-state index contributed by atoms with van der Waals surface area (Å²) >= 11 is 1.21. The largest absolute Gasteiger partial charge is 0.445 e. The molecular formula is C28H33N5O6S. The first kappa shape index (κ1) is 30.3. The Hall–Kier alpha value is -4.29. The number of nitrogens with one attached hydrogen (secondary N) is 3. The van der Waals surface area contributed by atoms with Gasteiger partial charge in [0.1, 0.15) is 36.0 Å². The molecule has 1 unspecified atom stereocenters. The molecule has 0 fully saturated rings. The van der Waals surface area contributed by atoms with Crippen LogP contribution in [0.3, 0.4) is 0 Å². The number of carbonyl (C=O) groups excluding carboxylic acids is 4. The average Bonchev–Trinajstić information content (AvgIpc) is 3.45. The number of amides is 4. The molecule has 40 heavy (non-hydrogen) atoms. The van der Waals surface area contributed by atoms with Crippen LogP contribution in [-0.2, 0) is 32.4 Å². The highest BCUT2D eigenvalue weighted by molar-refractivity contribution is 7.09. The first-order valence-corrected chi connectivity index (χ1v) is 13.6. The van der Waals surface area contributed by atoms with Crippen molar-refractivity contribution in [2.24, 2.45) is 5.92 Å². The Morgan fingerprint density at radius 1 is 0.950 bits per heavy atom. The van der Waals surface area contributed by atoms with Crippen LogP contribution >= 0.6 is 11.3 Å². The summed E-state index contributed by atoms with van der Waals surface area (Å²) in [4.78, 5) is 59.1. The quantitative estimate of drug-likeness (QED) is 0.210. The van der Waals surface area contributed by atoms with Crippen LogP contribution in [0, 0.1) is 5.92 Å². The van der Waals surface area contributed by atoms with E-state index in [-0.39, 0.29) is 24.8 Å². The number of ether oxygens (including phenoxy) is 1. The van der Waals surface area contributed by atoms with Gasteiger partial charge in [-0.1, -0.05) is 74.5 Å². The molecule has 2 atom stereocenters. The van der Waals surface area contributed by atoms with E-state index in [1.54, 1.807) is 0 Å². The maximum absolute atomic E-state index is 12.7. The molecule has 0 spiro atoms. The van der Waals surface area contributed by atoms with Crippen molar-refractivity contribution in [3.8, 4) is 0 Å². The lowest BCUT2D eigenvalue weighted by Gasteiger charge is -2.27. The summed E-state index contributed by atoms with van der Waals surface area (Å²) in [5.74, 6) is -1.10. The second-order valence-electron chi connectivity index (χ2n) is 9.31. The van der Waals surface area contributed by atoms with E-state index in [4.69, 9.17) is 9.57 Å². The third-order valence-corrected chi connectivity index (χ3v) is 6.55. The molecule has 0 aliphatic heterocycles. The van der Waals surface area contributed by atoms with Crippen molar-refractivity contribution in [1.82, 2.24) is 26.2 Å². The van der Waals surface area contributed by atoms with Gasteiger partial charge in [0, 0.05) is 5.38 Å². The van der Waals surface area contributed by atoms with E-state index in [1.807, 2.05) is 74.5 Å². The lowest BCUT2D eigenvalue weighted by atomic mass is 10.0. The number of benzene rings is 2. The average molecular weight is 568 g/mol. The lowest BCUT2D eigenvalue weighted by molar-refractivity contribution is -0.195. The molecule has 0 saturated carbocycles. The van der Waals surface area contributed by atoms with E-state index in [0.717, 1.165) is 11.1 Å². The predicted octanol–water partition coefficient (Wildman–Crippen LogP) is 3.90. The topological polar surface area (TPSA) is 139 Å². The summed E-state index contributed by atoms with van der Waals surface area (Å²) in [7, 11) is 0. The van der Waals surface area contributed by atoms with Gasteiger partial charge in [-0.25, -0.2) is 14.8 Å². The highest BCUT2D eigenvalue weighted by atomic mass is 32.1. The highest BCUT2D eigenvalue weighted by Gasteiger charge is 2.26. The number of hydrogen-bond donors (Lipinski definition) is 3. The molecule has 212 valence electrons. The van der Waals surface area contributed by atoms with Crippen LogP contribution in [0.5, 0.6) is 0 Å². The van der Waals surface area contributed by atoms with Gasteiger partial charge in [0.2, 0.25) is 6.41 Å². The number of aromatic nitrogens is 1. The van der Waals surface area contributed by atoms with E-state index >= 15 is 0 Å². The van der Waals surface area contributed by atoms with Crippen molar-refractivity contribution >= 4 is 35.7 Å². The molecule has 4 amide bonds. The van der Waals surface area contributed by atoms with Gasteiger partial charge >= 0.3 is 6.09 Å². The fourth-order valence-corrected chi connectivity index (χ4v) is 4.42. The van der Waals surface area contributed by atoms with Crippen LogP contribution in [0.25, 0.3) is 0 Å². The third kappa shape index (κ3) is 9.47. The van der Waals surface area contributed by atoms with E-state index in [2.05, 4.69) is 21.2 Å². The molecule has 0 aliphatic carbocycles. The van der Waals surface area contributed by atoms with Gasteiger partial charge in [0.25, 0.3) is 11.8 Å². The highest BCUT2D eigenvalue weighted by Crippen LogP contribution is 2.30. The maximum Gasteiger partial charge on any atom is 0.408 e. The Morgan fingerprint density at radius 3 is 2.17 bits per heavy atom. The molecular weight excluding hydrogens is 534 g/mol. The van der Waals surface area contributed by atoms with Crippen LogP contribution in [0.2, 0.25) is 0 Å². The molecule has 3 aromatic rings. The third-order valence-electron chi connectivity index (χ3n) is 5.61. The fourth-order valence-electron chi connectivity index (χ4n) is 3.52. The van der Waals surface area contributed by atoms with Gasteiger partial charge in [-0.15, -0.1) is 11.3 Å². The second kappa shape index (κ2) is 15.3. The van der Waals surface area contributed by atoms with Crippen molar-refractivity contribution in [1.29, 1.82) is 0 Å². The SMILES string of the molecule is CC(C)CC(c1nc(C(=O)NNC(=O)[C@H](C)NC(=O)OCc2ccccc2)cs1)N(C=O)OCc1ccccc1. The zero-order valence-corrected chi connectivity index (χ0v) is 23.4. The molecule has 2 aromatic carbocycles. The number of alkyl carbamates (subject to hydrolysis) is 1. The number of hydroxylamine groups is 2. The molecule has 1 aromatic heterocycles. The van der Waals surface area contributed by atoms with Crippen LogP contribution in [0.4, 0.5) is 4.79 Å². The molecule has 0 saturated heterocycles. The van der Waals surface area contributed by atoms with Crippen molar-refractivity contribution in [3.05, 3.63) is 87.9 Å². The lowest BCUT2D eigenvalue weighted by Crippen LogP contribution is -2.51. The van der Waals surface area contributed by atoms with Crippen molar-refractivity contribution < 1.29 is 28.8 Å². The van der Waals surface area contributed by atoms with Crippen molar-refractivity contribution in [2.45, 2.75) is 52.5 Å². The minimum Gasteiger partial charge on any atom is -0.445 e. The first-order chi connectivity index (χ1) is 19.3. The number of hydrogen-bond acceptors (Lipinski definition) is 8. The van der Waals surface area contributed by atoms with Crippen LogP contribution < -0.4 is 16.2 Å². The van der Waals surface area contributed by atoms with Gasteiger partial charge in [-0.05, 0) is 30.4 Å². The Morgan fingerprint density at radius 2 is 1.57 bits per heavy atom. The predicted molar refractivity (Wildman–Crippen MR) is 148 cm³/mol. The number of nitrogens with zero attached hydrogens (tertiary/aromatic N) is 2. The summed E-state index contributed by atoms with van der Waals surface area (Å²) in [6.07, 6.45) is 0.395. The molecule has 12 heteroatoms. The zero-order chi connectivity index (χ0) is 28.9. The minimum absolute atomic E-state index is 0.0561. The summed E-state index contributed by atoms with van der Waals surface area (Å²) in [5, 5.41) is 5.67. The summed E-state index contributed by atoms with van der Waals surface area (Å²) in [6.45, 7) is 5.73. The standard InChI is InChI=1S/C28H33N5O6S/c1-19(2)14-24(33(18-34)39-16-22-12-8-5-9-13-22)27-30-23(17-40-27)26(36)32-31-25(35)20(3)29-28(37)38-15-21-10-6-4-7-11-21/h4-13,17-20,24H,14-16H2,1-3H3,(H,29,37)(H,31,35)(H,32,36)/t20-,24?/m0/s1. The summed E-state index contributed by atoms with van der Waals surface area (Å²) < 4.78 is 5.10. The maximum atomic E-state index is 12.7. The second-order valence-corrected chi connectivity index (χ2v) is 10.2. The molecule has 0 aliphatic rings. The van der Waals surface area contributed by atoms with Crippen LogP contribution in [0.1, 0.15) is 59.9 Å². The van der Waals surface area contributed by atoms with E-state index in [9.17, 15) is 19.2 Å². The van der Waals surface area contributed by atoms with Crippen LogP contribution in [-0.4, -0.2) is 40.4 Å². The van der Waals surface area contributed by atoms with E-state index in [1.165, 1.54) is 28.7 Å². The molecule has 0 bridgehead atoms. The normalized spacial score (nSPS) is 12.2. The Labute approximate surface area is 236 Å². The first-order valence-electron chi connectivity index (χ1n) is 12.7. The molecule has 3 N–H and O–H groups in total. The van der Waals surface area contributed by atoms with E-state index in [0.29, 0.717) is 17.8 Å². The minimum atomic E-state index is -0.979. The molecule has 3 rings (SSSR count). The molecule has 0 radical (unpaired) electrons. The van der Waals surface area contributed by atoms with Gasteiger partial charge in [-0.3, -0.25) is 30.1 Å². The number of rotatable bonds is 13. The number of carbonyl (C=O) groups is 4. The molecule has 1 heterocycles. The Balaban J connectivity index is 1.53. The van der Waals surface area contributed by atoms with Gasteiger partial charge in [-0.2, -0.15) is 0 Å². The monoisotopic (exact) mass is 567 g/mol.